The number of benzene rings is 2. The van der Waals surface area contributed by atoms with Gasteiger partial charge in [-0.05, 0) is 54.9 Å². The number of methoxy groups -OCH3 is 1. The molecule has 1 fully saturated rings. The number of urea groups is 1. The van der Waals surface area contributed by atoms with Crippen LogP contribution in [-0.2, 0) is 16.0 Å². The number of ether oxygens (including phenoxy) is 2. The van der Waals surface area contributed by atoms with Crippen molar-refractivity contribution in [3.63, 3.8) is 0 Å². The number of amides is 3. The van der Waals surface area contributed by atoms with Gasteiger partial charge in [0, 0.05) is 49.8 Å². The van der Waals surface area contributed by atoms with Crippen LogP contribution < -0.4 is 4.74 Å². The van der Waals surface area contributed by atoms with Crippen LogP contribution in [0.25, 0.3) is 10.9 Å². The zero-order valence-corrected chi connectivity index (χ0v) is 22.1. The number of aromatic amines is 1. The Hall–Kier alpha value is -3.70. The lowest BCUT2D eigenvalue weighted by atomic mass is 9.81. The van der Waals surface area contributed by atoms with Crippen LogP contribution in [0.3, 0.4) is 0 Å². The Morgan fingerprint density at radius 2 is 2.00 bits per heavy atom. The summed E-state index contributed by atoms with van der Waals surface area (Å²) in [5, 5.41) is 10.9. The molecule has 3 aromatic rings. The Labute approximate surface area is 224 Å². The molecule has 3 heterocycles. The summed E-state index contributed by atoms with van der Waals surface area (Å²) in [6, 6.07) is 10.1. The van der Waals surface area contributed by atoms with Crippen molar-refractivity contribution in [1.82, 2.24) is 19.7 Å². The molecular weight excluding hydrogens is 510 g/mol. The third kappa shape index (κ3) is 4.70. The van der Waals surface area contributed by atoms with Crippen LogP contribution >= 0.6 is 0 Å². The number of aromatic hydroxyl groups is 1. The summed E-state index contributed by atoms with van der Waals surface area (Å²) >= 11 is 0. The molecule has 1 aromatic heterocycles. The number of phenols is 1. The molecule has 2 N–H and O–H groups in total. The predicted molar refractivity (Wildman–Crippen MR) is 140 cm³/mol. The van der Waals surface area contributed by atoms with Gasteiger partial charge in [-0.3, -0.25) is 19.5 Å². The average Bonchev–Trinajstić information content (AvgIpc) is 3.34. The van der Waals surface area contributed by atoms with Gasteiger partial charge in [0.25, 0.3) is 5.91 Å². The minimum absolute atomic E-state index is 0.00644. The van der Waals surface area contributed by atoms with Crippen LogP contribution in [0.2, 0.25) is 0 Å². The molecule has 2 aliphatic rings. The van der Waals surface area contributed by atoms with E-state index in [2.05, 4.69) is 14.6 Å². The maximum absolute atomic E-state index is 13.9. The fourth-order valence-corrected chi connectivity index (χ4v) is 5.80. The highest BCUT2D eigenvalue weighted by atomic mass is 19.3. The van der Waals surface area contributed by atoms with Crippen molar-refractivity contribution in [2.24, 2.45) is 0 Å². The fraction of sp³-hybridized carbons (Fsp3) is 0.429. The summed E-state index contributed by atoms with van der Waals surface area (Å²) in [5.74, 6) is -0.288. The van der Waals surface area contributed by atoms with E-state index in [-0.39, 0.29) is 30.4 Å². The minimum atomic E-state index is -2.97. The molecule has 3 amide bonds. The van der Waals surface area contributed by atoms with E-state index in [1.165, 1.54) is 23.1 Å². The Bertz CT molecular complexity index is 1400. The number of H-pyrrole nitrogens is 1. The van der Waals surface area contributed by atoms with Crippen LogP contribution in [0.1, 0.15) is 36.7 Å². The first-order chi connectivity index (χ1) is 18.7. The number of rotatable bonds is 10. The van der Waals surface area contributed by atoms with E-state index in [0.29, 0.717) is 41.9 Å². The van der Waals surface area contributed by atoms with Crippen LogP contribution in [0.4, 0.5) is 13.6 Å². The van der Waals surface area contributed by atoms with Crippen molar-refractivity contribution in [1.29, 1.82) is 0 Å². The van der Waals surface area contributed by atoms with Gasteiger partial charge in [0.05, 0.1) is 6.61 Å². The van der Waals surface area contributed by atoms with Gasteiger partial charge < -0.3 is 19.6 Å². The first kappa shape index (κ1) is 26.9. The zero-order chi connectivity index (χ0) is 27.9. The molecule has 0 radical (unpaired) electrons. The van der Waals surface area contributed by atoms with Crippen LogP contribution in [-0.4, -0.2) is 88.8 Å². The van der Waals surface area contributed by atoms with E-state index in [4.69, 9.17) is 4.74 Å². The molecule has 39 heavy (non-hydrogen) atoms. The molecule has 11 heteroatoms. The highest BCUT2D eigenvalue weighted by Crippen LogP contribution is 2.49. The van der Waals surface area contributed by atoms with Crippen LogP contribution in [0.5, 0.6) is 11.5 Å². The molecule has 208 valence electrons. The molecule has 0 aliphatic carbocycles. The highest BCUT2D eigenvalue weighted by molar-refractivity contribution is 6.08. The first-order valence-electron chi connectivity index (χ1n) is 12.9. The summed E-state index contributed by atoms with van der Waals surface area (Å²) in [4.78, 5) is 36.2. The van der Waals surface area contributed by atoms with E-state index < -0.39 is 24.2 Å². The number of carbonyl (C=O) groups is 2. The molecule has 1 saturated heterocycles. The van der Waals surface area contributed by atoms with Crippen molar-refractivity contribution < 1.29 is 33.0 Å². The lowest BCUT2D eigenvalue weighted by molar-refractivity contribution is -0.133. The van der Waals surface area contributed by atoms with Crippen molar-refractivity contribution in [2.45, 2.75) is 38.5 Å². The Morgan fingerprint density at radius 1 is 1.21 bits per heavy atom. The second-order valence-electron chi connectivity index (χ2n) is 10.1. The van der Waals surface area contributed by atoms with Gasteiger partial charge in [0.1, 0.15) is 23.1 Å². The highest BCUT2D eigenvalue weighted by Gasteiger charge is 2.60. The number of alkyl halides is 2. The molecule has 9 nitrogen and oxygen atoms in total. The summed E-state index contributed by atoms with van der Waals surface area (Å²) in [6.45, 7) is 3.46. The summed E-state index contributed by atoms with van der Waals surface area (Å²) in [5.41, 5.74) is 1.48. The molecule has 2 aliphatic heterocycles. The summed E-state index contributed by atoms with van der Waals surface area (Å²) in [6.07, 6.45) is 0.192. The molecule has 0 spiro atoms. The molecule has 2 aromatic carbocycles. The number of imide groups is 1. The van der Waals surface area contributed by atoms with Gasteiger partial charge >= 0.3 is 12.6 Å². The number of likely N-dealkylation sites (N-methyl/N-ethyl adjacent to an activating group) is 1. The lowest BCUT2D eigenvalue weighted by Gasteiger charge is -2.42. The van der Waals surface area contributed by atoms with E-state index in [9.17, 15) is 23.5 Å². The fourth-order valence-electron chi connectivity index (χ4n) is 5.80. The zero-order valence-electron chi connectivity index (χ0n) is 22.1. The monoisotopic (exact) mass is 542 g/mol. The number of carbonyl (C=O) groups excluding carboxylic acids is 2. The summed E-state index contributed by atoms with van der Waals surface area (Å²) in [7, 11) is 1.63. The third-order valence-corrected chi connectivity index (χ3v) is 7.75. The Balaban J connectivity index is 1.58. The number of halogens is 2. The number of nitrogens with one attached hydrogen (secondary N) is 1. The van der Waals surface area contributed by atoms with Crippen LogP contribution in [0, 0.1) is 0 Å². The van der Waals surface area contributed by atoms with E-state index in [1.54, 1.807) is 43.2 Å². The van der Waals surface area contributed by atoms with E-state index >= 15 is 0 Å². The first-order valence-corrected chi connectivity index (χ1v) is 12.9. The molecule has 0 saturated carbocycles. The van der Waals surface area contributed by atoms with Crippen molar-refractivity contribution in [3.05, 3.63) is 59.3 Å². The van der Waals surface area contributed by atoms with Crippen LogP contribution in [0.15, 0.2) is 42.5 Å². The van der Waals surface area contributed by atoms with E-state index in [1.807, 2.05) is 6.92 Å². The van der Waals surface area contributed by atoms with Crippen molar-refractivity contribution in [3.8, 4) is 11.5 Å². The number of aromatic nitrogens is 1. The Kier molecular flexibility index (Phi) is 7.21. The normalized spacial score (nSPS) is 20.8. The largest absolute Gasteiger partial charge is 0.508 e. The smallest absolute Gasteiger partial charge is 0.387 e. The van der Waals surface area contributed by atoms with Gasteiger partial charge in [-0.1, -0.05) is 19.1 Å². The predicted octanol–water partition coefficient (Wildman–Crippen LogP) is 4.11. The van der Waals surface area contributed by atoms with Gasteiger partial charge in [0.2, 0.25) is 0 Å². The molecule has 0 bridgehead atoms. The number of hydrogen-bond acceptors (Lipinski definition) is 6. The third-order valence-electron chi connectivity index (χ3n) is 7.75. The SMILES string of the molecule is CCN(CCOC)CCN1C(=O)N2C(c3cccc(O)c3)c3[nH]c4ccc(OC(F)F)cc4c3CC2(C)C1=O. The number of nitrogens with zero attached hydrogens (tertiary/aromatic N) is 3. The van der Waals surface area contributed by atoms with Crippen molar-refractivity contribution in [2.75, 3.05) is 39.9 Å². The number of fused-ring (bicyclic) bond motifs is 4. The average molecular weight is 543 g/mol. The van der Waals surface area contributed by atoms with Gasteiger partial charge in [-0.15, -0.1) is 0 Å². The summed E-state index contributed by atoms with van der Waals surface area (Å²) < 4.78 is 35.7. The quantitative estimate of drug-likeness (QED) is 0.374. The maximum Gasteiger partial charge on any atom is 0.387 e. The molecular formula is C28H32F2N4O5. The second kappa shape index (κ2) is 10.5. The van der Waals surface area contributed by atoms with E-state index in [0.717, 1.165) is 12.1 Å². The maximum atomic E-state index is 13.9. The Morgan fingerprint density at radius 3 is 2.69 bits per heavy atom. The lowest BCUT2D eigenvalue weighted by Crippen LogP contribution is -2.53. The topological polar surface area (TPSA) is 98.3 Å². The van der Waals surface area contributed by atoms with Crippen molar-refractivity contribution >= 4 is 22.8 Å². The number of hydrogen-bond donors (Lipinski definition) is 2. The molecule has 2 atom stereocenters. The molecule has 2 unspecified atom stereocenters. The van der Waals surface area contributed by atoms with Gasteiger partial charge in [0.15, 0.2) is 0 Å². The molecule has 5 rings (SSSR count). The second-order valence-corrected chi connectivity index (χ2v) is 10.1. The van der Waals surface area contributed by atoms with Gasteiger partial charge in [-0.2, -0.15) is 8.78 Å². The van der Waals surface area contributed by atoms with Gasteiger partial charge in [-0.25, -0.2) is 4.79 Å². The minimum Gasteiger partial charge on any atom is -0.508 e. The standard InChI is InChI=1S/C28H32F2N4O5/c1-4-32(12-13-38-3)10-11-33-25(36)28(2)16-21-20-15-19(39-26(29)30)8-9-22(20)31-23(21)24(34(28)27(33)37)17-6-5-7-18(35)14-17/h5-9,14-15,24,26,31,35H,4,10-13,16H2,1-3H3. The number of phenolic OH excluding ortho intramolecular Hbond substituents is 1.